The minimum absolute atomic E-state index is 0.262. The van der Waals surface area contributed by atoms with E-state index in [0.717, 1.165) is 19.3 Å². The number of benzene rings is 2. The lowest BCUT2D eigenvalue weighted by Crippen LogP contribution is -2.36. The van der Waals surface area contributed by atoms with Crippen molar-refractivity contribution in [2.75, 3.05) is 0 Å². The van der Waals surface area contributed by atoms with Crippen molar-refractivity contribution in [2.45, 2.75) is 60.0 Å². The Balaban J connectivity index is 2.34. The molecule has 24 heavy (non-hydrogen) atoms. The first kappa shape index (κ1) is 19.4. The maximum absolute atomic E-state index is 11.0. The smallest absolute Gasteiger partial charge is 0.0962 e. The molecule has 0 amide bonds. The third-order valence-corrected chi connectivity index (χ3v) is 7.19. The number of hydrogen-bond donors (Lipinski definition) is 1. The highest BCUT2D eigenvalue weighted by molar-refractivity contribution is 8.18. The average molecular weight is 361 g/mol. The van der Waals surface area contributed by atoms with E-state index in [0.29, 0.717) is 5.92 Å². The molecule has 2 aromatic carbocycles. The zero-order valence-corrected chi connectivity index (χ0v) is 16.4. The van der Waals surface area contributed by atoms with Crippen molar-refractivity contribution in [1.82, 2.24) is 0 Å². The van der Waals surface area contributed by atoms with Crippen LogP contribution in [0.25, 0.3) is 0 Å². The minimum Gasteiger partial charge on any atom is -0.391 e. The van der Waals surface area contributed by atoms with Gasteiger partial charge in [-0.25, -0.2) is 0 Å². The SMILES string of the molecule is CCC(O)C(CCC(C)C)(Sc1ccccc1)Sc1ccccc1. The van der Waals surface area contributed by atoms with Gasteiger partial charge in [0.1, 0.15) is 0 Å². The molecular weight excluding hydrogens is 332 g/mol. The van der Waals surface area contributed by atoms with Gasteiger partial charge in [-0.15, -0.1) is 23.5 Å². The molecule has 2 aromatic rings. The van der Waals surface area contributed by atoms with E-state index in [-0.39, 0.29) is 10.2 Å². The first-order chi connectivity index (χ1) is 11.6. The van der Waals surface area contributed by atoms with Crippen LogP contribution in [-0.4, -0.2) is 15.3 Å². The number of hydrogen-bond acceptors (Lipinski definition) is 3. The van der Waals surface area contributed by atoms with Crippen LogP contribution < -0.4 is 0 Å². The molecule has 1 N–H and O–H groups in total. The molecule has 0 saturated heterocycles. The van der Waals surface area contributed by atoms with Crippen molar-refractivity contribution in [1.29, 1.82) is 0 Å². The molecule has 0 aliphatic carbocycles. The minimum atomic E-state index is -0.355. The van der Waals surface area contributed by atoms with Crippen molar-refractivity contribution >= 4 is 23.5 Å². The van der Waals surface area contributed by atoms with E-state index >= 15 is 0 Å². The van der Waals surface area contributed by atoms with Gasteiger partial charge in [0.2, 0.25) is 0 Å². The number of aliphatic hydroxyl groups excluding tert-OH is 1. The fourth-order valence-electron chi connectivity index (χ4n) is 2.60. The Bertz CT molecular complexity index is 542. The van der Waals surface area contributed by atoms with Crippen molar-refractivity contribution in [3.8, 4) is 0 Å². The van der Waals surface area contributed by atoms with Crippen molar-refractivity contribution in [3.63, 3.8) is 0 Å². The van der Waals surface area contributed by atoms with Crippen LogP contribution in [0.1, 0.15) is 40.0 Å². The monoisotopic (exact) mass is 360 g/mol. The number of aliphatic hydroxyl groups is 1. The second-order valence-corrected chi connectivity index (χ2v) is 9.57. The molecule has 0 aliphatic heterocycles. The fraction of sp³-hybridized carbons (Fsp3) is 0.429. The van der Waals surface area contributed by atoms with Crippen LogP contribution in [0.4, 0.5) is 0 Å². The lowest BCUT2D eigenvalue weighted by molar-refractivity contribution is 0.150. The first-order valence-electron chi connectivity index (χ1n) is 8.72. The van der Waals surface area contributed by atoms with Gasteiger partial charge in [0, 0.05) is 9.79 Å². The Hall–Kier alpha value is -0.900. The highest BCUT2D eigenvalue weighted by atomic mass is 32.2. The molecule has 2 rings (SSSR count). The van der Waals surface area contributed by atoms with Gasteiger partial charge in [0.05, 0.1) is 10.2 Å². The van der Waals surface area contributed by atoms with E-state index in [1.807, 2.05) is 35.7 Å². The topological polar surface area (TPSA) is 20.2 Å². The van der Waals surface area contributed by atoms with E-state index in [4.69, 9.17) is 0 Å². The van der Waals surface area contributed by atoms with E-state index < -0.39 is 0 Å². The summed E-state index contributed by atoms with van der Waals surface area (Å²) in [6.45, 7) is 6.58. The highest BCUT2D eigenvalue weighted by Gasteiger charge is 2.39. The van der Waals surface area contributed by atoms with Gasteiger partial charge in [-0.1, -0.05) is 57.2 Å². The molecule has 0 spiro atoms. The van der Waals surface area contributed by atoms with Gasteiger partial charge in [-0.2, -0.15) is 0 Å². The Morgan fingerprint density at radius 1 is 0.875 bits per heavy atom. The summed E-state index contributed by atoms with van der Waals surface area (Å²) in [6.07, 6.45) is 2.50. The summed E-state index contributed by atoms with van der Waals surface area (Å²) >= 11 is 3.64. The fourth-order valence-corrected chi connectivity index (χ4v) is 5.78. The van der Waals surface area contributed by atoms with Crippen LogP contribution in [0.15, 0.2) is 70.5 Å². The summed E-state index contributed by atoms with van der Waals surface area (Å²) in [4.78, 5) is 2.44. The zero-order valence-electron chi connectivity index (χ0n) is 14.8. The Morgan fingerprint density at radius 2 is 1.33 bits per heavy atom. The second kappa shape index (κ2) is 9.55. The quantitative estimate of drug-likeness (QED) is 0.408. The normalized spacial score (nSPS) is 13.2. The molecule has 130 valence electrons. The van der Waals surface area contributed by atoms with Gasteiger partial charge in [0.25, 0.3) is 0 Å². The molecule has 0 aromatic heterocycles. The van der Waals surface area contributed by atoms with Crippen molar-refractivity contribution < 1.29 is 5.11 Å². The Kier molecular flexibility index (Phi) is 7.73. The first-order valence-corrected chi connectivity index (χ1v) is 10.3. The molecule has 1 atom stereocenters. The van der Waals surface area contributed by atoms with Crippen LogP contribution in [0, 0.1) is 5.92 Å². The lowest BCUT2D eigenvalue weighted by Gasteiger charge is -2.37. The molecule has 0 saturated carbocycles. The van der Waals surface area contributed by atoms with E-state index in [1.165, 1.54) is 9.79 Å². The predicted octanol–water partition coefficient (Wildman–Crippen LogP) is 6.47. The predicted molar refractivity (Wildman–Crippen MR) is 108 cm³/mol. The molecule has 1 unspecified atom stereocenters. The van der Waals surface area contributed by atoms with Crippen LogP contribution in [0.3, 0.4) is 0 Å². The van der Waals surface area contributed by atoms with Gasteiger partial charge in [-0.3, -0.25) is 0 Å². The summed E-state index contributed by atoms with van der Waals surface area (Å²) in [6, 6.07) is 20.9. The molecule has 0 heterocycles. The molecule has 1 nitrogen and oxygen atoms in total. The Labute approximate surface area is 155 Å². The van der Waals surface area contributed by atoms with Crippen molar-refractivity contribution in [2.24, 2.45) is 5.92 Å². The molecule has 3 heteroatoms. The summed E-state index contributed by atoms with van der Waals surface area (Å²) in [5.41, 5.74) is 0. The number of rotatable bonds is 9. The highest BCUT2D eigenvalue weighted by Crippen LogP contribution is 2.51. The van der Waals surface area contributed by atoms with E-state index in [1.54, 1.807) is 0 Å². The standard InChI is InChI=1S/C21H28OS2/c1-4-20(22)21(16-15-17(2)3,23-18-11-7-5-8-12-18)24-19-13-9-6-10-14-19/h5-14,17,20,22H,4,15-16H2,1-3H3. The van der Waals surface area contributed by atoms with Crippen molar-refractivity contribution in [3.05, 3.63) is 60.7 Å². The molecule has 0 radical (unpaired) electrons. The average Bonchev–Trinajstić information content (AvgIpc) is 2.60. The van der Waals surface area contributed by atoms with Crippen LogP contribution >= 0.6 is 23.5 Å². The van der Waals surface area contributed by atoms with Gasteiger partial charge >= 0.3 is 0 Å². The number of thioether (sulfide) groups is 2. The largest absolute Gasteiger partial charge is 0.391 e. The summed E-state index contributed by atoms with van der Waals surface area (Å²) in [5, 5.41) is 11.0. The van der Waals surface area contributed by atoms with Crippen LogP contribution in [0.2, 0.25) is 0 Å². The maximum Gasteiger partial charge on any atom is 0.0962 e. The lowest BCUT2D eigenvalue weighted by atomic mass is 10.0. The molecule has 0 bridgehead atoms. The van der Waals surface area contributed by atoms with E-state index in [2.05, 4.69) is 69.3 Å². The molecule has 0 fully saturated rings. The third kappa shape index (κ3) is 5.58. The van der Waals surface area contributed by atoms with Crippen LogP contribution in [0.5, 0.6) is 0 Å². The summed E-state index contributed by atoms with van der Waals surface area (Å²) < 4.78 is -0.262. The summed E-state index contributed by atoms with van der Waals surface area (Å²) in [7, 11) is 0. The maximum atomic E-state index is 11.0. The Morgan fingerprint density at radius 3 is 1.71 bits per heavy atom. The molecular formula is C21H28OS2. The summed E-state index contributed by atoms with van der Waals surface area (Å²) in [5.74, 6) is 0.626. The van der Waals surface area contributed by atoms with Gasteiger partial charge in [-0.05, 0) is 49.4 Å². The van der Waals surface area contributed by atoms with Gasteiger partial charge < -0.3 is 5.11 Å². The van der Waals surface area contributed by atoms with Gasteiger partial charge in [0.15, 0.2) is 0 Å². The van der Waals surface area contributed by atoms with E-state index in [9.17, 15) is 5.11 Å². The van der Waals surface area contributed by atoms with Crippen LogP contribution in [-0.2, 0) is 0 Å². The third-order valence-electron chi connectivity index (χ3n) is 4.03. The molecule has 0 aliphatic rings. The second-order valence-electron chi connectivity index (χ2n) is 6.50. The zero-order chi connectivity index (χ0) is 17.4.